The van der Waals surface area contributed by atoms with Crippen LogP contribution >= 0.6 is 0 Å². The van der Waals surface area contributed by atoms with Crippen molar-refractivity contribution in [1.82, 2.24) is 40.2 Å². The number of hydrogen-bond acceptors (Lipinski definition) is 13. The fourth-order valence-electron chi connectivity index (χ4n) is 8.94. The lowest BCUT2D eigenvalue weighted by atomic mass is 10.0. The van der Waals surface area contributed by atoms with E-state index >= 15 is 8.78 Å². The summed E-state index contributed by atoms with van der Waals surface area (Å²) in [6.07, 6.45) is 10.6. The fourth-order valence-corrected chi connectivity index (χ4v) is 8.94. The maximum atomic E-state index is 15.0. The van der Waals surface area contributed by atoms with Gasteiger partial charge in [0, 0.05) is 89.5 Å². The summed E-state index contributed by atoms with van der Waals surface area (Å²) in [4.78, 5) is 80.8. The highest BCUT2D eigenvalue weighted by Gasteiger charge is 2.49. The summed E-state index contributed by atoms with van der Waals surface area (Å²) in [7, 11) is 2.78. The topological polar surface area (TPSA) is 190 Å². The number of aromatic nitrogens is 4. The number of benzene rings is 1. The van der Waals surface area contributed by atoms with E-state index in [4.69, 9.17) is 4.74 Å². The first-order chi connectivity index (χ1) is 29.4. The Bertz CT molecular complexity index is 2150. The third kappa shape index (κ3) is 9.08. The zero-order chi connectivity index (χ0) is 42.8. The second-order valence-electron chi connectivity index (χ2n) is 16.4. The summed E-state index contributed by atoms with van der Waals surface area (Å²) in [5, 5.41) is 13.0. The summed E-state index contributed by atoms with van der Waals surface area (Å²) in [5.41, 5.74) is 1.97. The Morgan fingerprint density at radius 2 is 1.74 bits per heavy atom. The van der Waals surface area contributed by atoms with Gasteiger partial charge in [-0.1, -0.05) is 12.8 Å². The third-order valence-corrected chi connectivity index (χ3v) is 12.5. The lowest BCUT2D eigenvalue weighted by Gasteiger charge is -2.36. The van der Waals surface area contributed by atoms with Crippen LogP contribution in [0.5, 0.6) is 5.75 Å². The number of piperazine rings is 1. The zero-order valence-electron chi connectivity index (χ0n) is 34.4. The van der Waals surface area contributed by atoms with Crippen LogP contribution in [0.15, 0.2) is 36.8 Å². The van der Waals surface area contributed by atoms with Crippen molar-refractivity contribution in [1.29, 1.82) is 0 Å². The van der Waals surface area contributed by atoms with Crippen molar-refractivity contribution in [3.8, 4) is 5.75 Å². The molecule has 326 valence electrons. The van der Waals surface area contributed by atoms with Crippen LogP contribution in [0.3, 0.4) is 0 Å². The number of nitrogens with one attached hydrogen (secondary N) is 3. The van der Waals surface area contributed by atoms with Crippen LogP contribution in [-0.4, -0.2) is 144 Å². The Morgan fingerprint density at radius 1 is 0.984 bits per heavy atom. The van der Waals surface area contributed by atoms with Gasteiger partial charge in [0.25, 0.3) is 17.7 Å². The molecule has 3 aromatic rings. The Hall–Kier alpha value is -5.92. The van der Waals surface area contributed by atoms with Crippen LogP contribution in [0.4, 0.5) is 37.6 Å². The number of methoxy groups -OCH3 is 1. The van der Waals surface area contributed by atoms with E-state index in [2.05, 4.69) is 40.8 Å². The van der Waals surface area contributed by atoms with Gasteiger partial charge in [-0.3, -0.25) is 38.9 Å². The number of alkyl halides is 2. The van der Waals surface area contributed by atoms with E-state index in [1.165, 1.54) is 20.4 Å². The number of halogens is 2. The van der Waals surface area contributed by atoms with Crippen LogP contribution in [0.1, 0.15) is 74.2 Å². The second-order valence-corrected chi connectivity index (χ2v) is 16.4. The van der Waals surface area contributed by atoms with E-state index < -0.39 is 24.4 Å². The van der Waals surface area contributed by atoms with Crippen molar-refractivity contribution in [2.75, 3.05) is 86.5 Å². The molecule has 20 heteroatoms. The molecule has 5 aliphatic rings. The van der Waals surface area contributed by atoms with Crippen LogP contribution in [0, 0.1) is 0 Å². The van der Waals surface area contributed by atoms with Crippen molar-refractivity contribution in [3.05, 3.63) is 42.4 Å². The average Bonchev–Trinajstić information content (AvgIpc) is 3.98. The van der Waals surface area contributed by atoms with Gasteiger partial charge in [0.2, 0.25) is 17.8 Å². The molecule has 4 fully saturated rings. The minimum atomic E-state index is -3.59. The Kier molecular flexibility index (Phi) is 12.1. The van der Waals surface area contributed by atoms with Crippen LogP contribution in [0.25, 0.3) is 0 Å². The number of anilines is 5. The normalized spacial score (nSPS) is 21.6. The lowest BCUT2D eigenvalue weighted by Crippen LogP contribution is -2.49. The molecule has 4 aliphatic heterocycles. The van der Waals surface area contributed by atoms with Crippen LogP contribution < -0.4 is 35.4 Å². The summed E-state index contributed by atoms with van der Waals surface area (Å²) in [6.45, 7) is 4.09. The zero-order valence-corrected chi connectivity index (χ0v) is 34.4. The summed E-state index contributed by atoms with van der Waals surface area (Å²) < 4.78 is 37.3. The van der Waals surface area contributed by atoms with Gasteiger partial charge in [-0.25, -0.2) is 4.98 Å². The number of ether oxygens (including phenoxy) is 1. The van der Waals surface area contributed by atoms with E-state index in [9.17, 15) is 24.0 Å². The molecule has 3 N–H and O–H groups in total. The molecule has 5 amide bonds. The molecular weight excluding hydrogens is 795 g/mol. The van der Waals surface area contributed by atoms with E-state index in [0.29, 0.717) is 68.7 Å². The number of imide groups is 1. The minimum absolute atomic E-state index is 0.0914. The average molecular weight is 847 g/mol. The number of carbonyl (C=O) groups excluding carboxylic acids is 5. The van der Waals surface area contributed by atoms with Crippen molar-refractivity contribution in [2.45, 2.75) is 81.8 Å². The molecule has 1 saturated carbocycles. The van der Waals surface area contributed by atoms with Crippen molar-refractivity contribution < 1.29 is 37.5 Å². The summed E-state index contributed by atoms with van der Waals surface area (Å²) in [6, 6.07) is 4.15. The number of fused-ring (bicyclic) bond motifs is 1. The molecular formula is C41H52F2N12O6. The maximum absolute atomic E-state index is 15.0. The van der Waals surface area contributed by atoms with Crippen molar-refractivity contribution in [2.24, 2.45) is 0 Å². The molecule has 1 atom stereocenters. The monoisotopic (exact) mass is 846 g/mol. The molecule has 0 spiro atoms. The number of rotatable bonds is 11. The molecule has 1 aliphatic carbocycles. The predicted molar refractivity (Wildman–Crippen MR) is 220 cm³/mol. The van der Waals surface area contributed by atoms with Gasteiger partial charge in [0.05, 0.1) is 37.4 Å². The smallest absolute Gasteiger partial charge is 0.342 e. The largest absolute Gasteiger partial charge is 0.495 e. The van der Waals surface area contributed by atoms with E-state index in [-0.39, 0.29) is 53.2 Å². The molecule has 0 bridgehead atoms. The van der Waals surface area contributed by atoms with E-state index in [1.807, 2.05) is 11.1 Å². The first-order valence-corrected chi connectivity index (χ1v) is 21.1. The minimum Gasteiger partial charge on any atom is -0.495 e. The molecule has 61 heavy (non-hydrogen) atoms. The van der Waals surface area contributed by atoms with Gasteiger partial charge in [-0.15, -0.1) is 0 Å². The summed E-state index contributed by atoms with van der Waals surface area (Å²) in [5.74, 6) is -4.93. The predicted octanol–water partition coefficient (Wildman–Crippen LogP) is 2.70. The van der Waals surface area contributed by atoms with Crippen molar-refractivity contribution in [3.63, 3.8) is 0 Å². The van der Waals surface area contributed by atoms with Gasteiger partial charge in [0.1, 0.15) is 17.5 Å². The Balaban J connectivity index is 0.798. The molecule has 1 unspecified atom stereocenters. The maximum Gasteiger partial charge on any atom is 0.342 e. The van der Waals surface area contributed by atoms with Gasteiger partial charge in [-0.2, -0.15) is 18.9 Å². The highest BCUT2D eigenvalue weighted by atomic mass is 19.3. The van der Waals surface area contributed by atoms with Gasteiger partial charge in [0.15, 0.2) is 5.82 Å². The Labute approximate surface area is 351 Å². The second kappa shape index (κ2) is 17.6. The van der Waals surface area contributed by atoms with Crippen LogP contribution in [-0.2, 0) is 19.2 Å². The first kappa shape index (κ1) is 41.8. The molecule has 3 saturated heterocycles. The number of piperidine rings is 2. The molecule has 8 rings (SSSR count). The van der Waals surface area contributed by atoms with Gasteiger partial charge < -0.3 is 35.0 Å². The number of carbonyl (C=O) groups is 5. The quantitative estimate of drug-likeness (QED) is 0.239. The standard InChI is InChI=1S/C41H52F2N12O6/c1-50-32-23-44-40(49-36(32)54(28-5-3-4-6-28)25-41(42,43)39(50)60)47-30-8-7-26(21-33(30)61-2)37(58)46-27-11-15-53(16-12-27)35(57)13-14-51-17-19-52(20-18-51)29-22-45-55(24-29)31-9-10-34(56)48-38(31)59/h7-8,21-24,27-28,31H,3-6,9-20,25H2,1-2H3,(H,46,58)(H,44,47,49)(H,48,56,59). The van der Waals surface area contributed by atoms with Crippen LogP contribution in [0.2, 0.25) is 0 Å². The lowest BCUT2D eigenvalue weighted by molar-refractivity contribution is -0.140. The number of likely N-dealkylation sites (tertiary alicyclic amines) is 1. The van der Waals surface area contributed by atoms with Crippen molar-refractivity contribution >= 4 is 58.4 Å². The van der Waals surface area contributed by atoms with E-state index in [1.54, 1.807) is 34.0 Å². The third-order valence-electron chi connectivity index (χ3n) is 12.5. The number of amides is 5. The molecule has 0 radical (unpaired) electrons. The SMILES string of the molecule is COc1cc(C(=O)NC2CCN(C(=O)CCN3CCN(c4cnn(C5CCC(=O)NC5=O)c4)CC3)CC2)ccc1Nc1ncc2c(n1)N(C1CCCC1)CC(F)(F)C(=O)N2C. The molecule has 6 heterocycles. The fraction of sp³-hybridized carbons (Fsp3) is 0.561. The molecule has 18 nitrogen and oxygen atoms in total. The molecule has 1 aromatic carbocycles. The highest BCUT2D eigenvalue weighted by molar-refractivity contribution is 6.02. The van der Waals surface area contributed by atoms with Gasteiger partial charge >= 0.3 is 5.92 Å². The number of hydrogen-bond donors (Lipinski definition) is 3. The Morgan fingerprint density at radius 3 is 2.46 bits per heavy atom. The van der Waals surface area contributed by atoms with E-state index in [0.717, 1.165) is 62.4 Å². The molecule has 2 aromatic heterocycles. The summed E-state index contributed by atoms with van der Waals surface area (Å²) >= 11 is 0. The van der Waals surface area contributed by atoms with Gasteiger partial charge in [-0.05, 0) is 50.3 Å². The first-order valence-electron chi connectivity index (χ1n) is 21.1. The highest BCUT2D eigenvalue weighted by Crippen LogP contribution is 2.40. The number of nitrogens with zero attached hydrogens (tertiary/aromatic N) is 9.